The molecule has 108 valence electrons. The van der Waals surface area contributed by atoms with E-state index < -0.39 is 0 Å². The molecule has 0 saturated heterocycles. The van der Waals surface area contributed by atoms with Crippen LogP contribution in [0.25, 0.3) is 0 Å². The van der Waals surface area contributed by atoms with Gasteiger partial charge in [0.1, 0.15) is 0 Å². The molecule has 0 unspecified atom stereocenters. The fourth-order valence-corrected chi connectivity index (χ4v) is 2.52. The van der Waals surface area contributed by atoms with Gasteiger partial charge in [-0.3, -0.25) is 4.79 Å². The van der Waals surface area contributed by atoms with Crippen molar-refractivity contribution in [2.24, 2.45) is 0 Å². The van der Waals surface area contributed by atoms with Crippen LogP contribution in [-0.4, -0.2) is 16.8 Å². The first-order valence-corrected chi connectivity index (χ1v) is 7.35. The Hall–Kier alpha value is -2.29. The van der Waals surface area contributed by atoms with E-state index in [9.17, 15) is 4.79 Å². The molecule has 21 heavy (non-hydrogen) atoms. The Bertz CT molecular complexity index is 645. The van der Waals surface area contributed by atoms with Crippen LogP contribution in [0.4, 0.5) is 5.69 Å². The normalized spacial score (nSPS) is 14.0. The van der Waals surface area contributed by atoms with Gasteiger partial charge in [-0.25, -0.2) is 0 Å². The Labute approximate surface area is 125 Å². The molecule has 3 heteroatoms. The van der Waals surface area contributed by atoms with Gasteiger partial charge < -0.3 is 10.6 Å². The largest absolute Gasteiger partial charge is 0.399 e. The lowest BCUT2D eigenvalue weighted by Crippen LogP contribution is -2.32. The molecule has 0 aliphatic heterocycles. The summed E-state index contributed by atoms with van der Waals surface area (Å²) in [7, 11) is 0. The van der Waals surface area contributed by atoms with E-state index in [1.807, 2.05) is 60.4 Å². The molecule has 0 atom stereocenters. The fourth-order valence-electron chi connectivity index (χ4n) is 2.52. The number of rotatable bonds is 4. The third-order valence-corrected chi connectivity index (χ3v) is 3.85. The predicted octanol–water partition coefficient (Wildman–Crippen LogP) is 3.38. The van der Waals surface area contributed by atoms with Crippen LogP contribution in [0.15, 0.2) is 48.5 Å². The zero-order chi connectivity index (χ0) is 14.8. The molecule has 1 aliphatic rings. The van der Waals surface area contributed by atoms with Gasteiger partial charge in [0.05, 0.1) is 0 Å². The molecule has 0 aromatic heterocycles. The lowest BCUT2D eigenvalue weighted by molar-refractivity contribution is 0.0730. The topological polar surface area (TPSA) is 46.3 Å². The zero-order valence-electron chi connectivity index (χ0n) is 12.3. The lowest BCUT2D eigenvalue weighted by Gasteiger charge is -2.23. The highest BCUT2D eigenvalue weighted by Gasteiger charge is 2.33. The van der Waals surface area contributed by atoms with Crippen LogP contribution < -0.4 is 5.73 Å². The van der Waals surface area contributed by atoms with Gasteiger partial charge in [-0.1, -0.05) is 29.8 Å². The van der Waals surface area contributed by atoms with Gasteiger partial charge >= 0.3 is 0 Å². The molecule has 0 heterocycles. The SMILES string of the molecule is Cc1cccc(C(=O)N(Cc2ccc(N)cc2)C2CC2)c1. The number of hydrogen-bond acceptors (Lipinski definition) is 2. The molecular formula is C18H20N2O. The minimum atomic E-state index is 0.123. The molecule has 0 spiro atoms. The third-order valence-electron chi connectivity index (χ3n) is 3.85. The Morgan fingerprint density at radius 2 is 1.90 bits per heavy atom. The highest BCUT2D eigenvalue weighted by molar-refractivity contribution is 5.94. The van der Waals surface area contributed by atoms with Crippen LogP contribution in [0.3, 0.4) is 0 Å². The monoisotopic (exact) mass is 280 g/mol. The van der Waals surface area contributed by atoms with E-state index in [0.29, 0.717) is 12.6 Å². The van der Waals surface area contributed by atoms with Crippen molar-refractivity contribution in [3.63, 3.8) is 0 Å². The average Bonchev–Trinajstić information content (AvgIpc) is 3.30. The first-order valence-electron chi connectivity index (χ1n) is 7.35. The van der Waals surface area contributed by atoms with Gasteiger partial charge in [-0.15, -0.1) is 0 Å². The van der Waals surface area contributed by atoms with E-state index in [4.69, 9.17) is 5.73 Å². The molecule has 2 aromatic carbocycles. The quantitative estimate of drug-likeness (QED) is 0.873. The summed E-state index contributed by atoms with van der Waals surface area (Å²) < 4.78 is 0. The van der Waals surface area contributed by atoms with Crippen molar-refractivity contribution in [2.45, 2.75) is 32.4 Å². The number of nitrogens with two attached hydrogens (primary N) is 1. The van der Waals surface area contributed by atoms with Crippen LogP contribution in [0, 0.1) is 6.92 Å². The van der Waals surface area contributed by atoms with Crippen LogP contribution in [0.2, 0.25) is 0 Å². The molecule has 0 bridgehead atoms. The maximum Gasteiger partial charge on any atom is 0.254 e. The number of nitrogens with zero attached hydrogens (tertiary/aromatic N) is 1. The van der Waals surface area contributed by atoms with Crippen molar-refractivity contribution >= 4 is 11.6 Å². The lowest BCUT2D eigenvalue weighted by atomic mass is 10.1. The summed E-state index contributed by atoms with van der Waals surface area (Å²) in [6.45, 7) is 2.66. The van der Waals surface area contributed by atoms with Gasteiger partial charge in [0.2, 0.25) is 0 Å². The molecule has 2 aromatic rings. The van der Waals surface area contributed by atoms with Crippen LogP contribution in [0.5, 0.6) is 0 Å². The van der Waals surface area contributed by atoms with Crippen molar-refractivity contribution < 1.29 is 4.79 Å². The van der Waals surface area contributed by atoms with E-state index in [1.54, 1.807) is 0 Å². The van der Waals surface area contributed by atoms with Gasteiger partial charge in [0.15, 0.2) is 0 Å². The molecule has 1 saturated carbocycles. The molecule has 0 radical (unpaired) electrons. The van der Waals surface area contributed by atoms with Crippen molar-refractivity contribution in [1.82, 2.24) is 4.90 Å². The average molecular weight is 280 g/mol. The number of amides is 1. The minimum Gasteiger partial charge on any atom is -0.399 e. The molecule has 3 rings (SSSR count). The highest BCUT2D eigenvalue weighted by atomic mass is 16.2. The molecular weight excluding hydrogens is 260 g/mol. The van der Waals surface area contributed by atoms with E-state index in [2.05, 4.69) is 0 Å². The van der Waals surface area contributed by atoms with Crippen LogP contribution in [-0.2, 0) is 6.54 Å². The summed E-state index contributed by atoms with van der Waals surface area (Å²) in [5, 5.41) is 0. The van der Waals surface area contributed by atoms with E-state index in [1.165, 1.54) is 0 Å². The standard InChI is InChI=1S/C18H20N2O/c1-13-3-2-4-15(11-13)18(21)20(17-9-10-17)12-14-5-7-16(19)8-6-14/h2-8,11,17H,9-10,12,19H2,1H3. The molecule has 3 nitrogen and oxygen atoms in total. The number of hydrogen-bond donors (Lipinski definition) is 1. The van der Waals surface area contributed by atoms with Gasteiger partial charge in [0.25, 0.3) is 5.91 Å². The Morgan fingerprint density at radius 3 is 2.52 bits per heavy atom. The molecule has 2 N–H and O–H groups in total. The Balaban J connectivity index is 1.81. The maximum atomic E-state index is 12.8. The number of carbonyl (C=O) groups is 1. The van der Waals surface area contributed by atoms with E-state index >= 15 is 0 Å². The van der Waals surface area contributed by atoms with Gasteiger partial charge in [-0.2, -0.15) is 0 Å². The number of anilines is 1. The fraction of sp³-hybridized carbons (Fsp3) is 0.278. The van der Waals surface area contributed by atoms with Gasteiger partial charge in [-0.05, 0) is 49.6 Å². The first-order chi connectivity index (χ1) is 10.1. The second-order valence-corrected chi connectivity index (χ2v) is 5.78. The Morgan fingerprint density at radius 1 is 1.19 bits per heavy atom. The second-order valence-electron chi connectivity index (χ2n) is 5.78. The highest BCUT2D eigenvalue weighted by Crippen LogP contribution is 2.30. The van der Waals surface area contributed by atoms with Crippen LogP contribution >= 0.6 is 0 Å². The summed E-state index contributed by atoms with van der Waals surface area (Å²) in [6.07, 6.45) is 2.21. The Kier molecular flexibility index (Phi) is 3.65. The van der Waals surface area contributed by atoms with Crippen molar-refractivity contribution in [3.05, 3.63) is 65.2 Å². The van der Waals surface area contributed by atoms with Gasteiger partial charge in [0, 0.05) is 23.8 Å². The summed E-state index contributed by atoms with van der Waals surface area (Å²) >= 11 is 0. The van der Waals surface area contributed by atoms with E-state index in [0.717, 1.165) is 35.2 Å². The van der Waals surface area contributed by atoms with Crippen molar-refractivity contribution in [1.29, 1.82) is 0 Å². The summed E-state index contributed by atoms with van der Waals surface area (Å²) in [6, 6.07) is 16.0. The number of carbonyl (C=O) groups excluding carboxylic acids is 1. The third kappa shape index (κ3) is 3.24. The minimum absolute atomic E-state index is 0.123. The predicted molar refractivity (Wildman–Crippen MR) is 84.9 cm³/mol. The summed E-state index contributed by atoms with van der Waals surface area (Å²) in [5.41, 5.74) is 9.48. The number of aryl methyl sites for hydroxylation is 1. The summed E-state index contributed by atoms with van der Waals surface area (Å²) in [5.74, 6) is 0.123. The smallest absolute Gasteiger partial charge is 0.254 e. The second kappa shape index (κ2) is 5.60. The number of nitrogen functional groups attached to an aromatic ring is 1. The van der Waals surface area contributed by atoms with E-state index in [-0.39, 0.29) is 5.91 Å². The first kappa shape index (κ1) is 13.7. The maximum absolute atomic E-state index is 12.8. The summed E-state index contributed by atoms with van der Waals surface area (Å²) in [4.78, 5) is 14.7. The zero-order valence-corrected chi connectivity index (χ0v) is 12.3. The molecule has 1 fully saturated rings. The molecule has 1 amide bonds. The number of benzene rings is 2. The molecule has 1 aliphatic carbocycles. The van der Waals surface area contributed by atoms with Crippen molar-refractivity contribution in [3.8, 4) is 0 Å². The van der Waals surface area contributed by atoms with Crippen molar-refractivity contribution in [2.75, 3.05) is 5.73 Å². The van der Waals surface area contributed by atoms with Crippen LogP contribution in [0.1, 0.15) is 34.3 Å².